The number of phenols is 1. The number of aromatic hydroxyl groups is 1. The van der Waals surface area contributed by atoms with Crippen molar-refractivity contribution < 1.29 is 28.8 Å². The van der Waals surface area contributed by atoms with Crippen LogP contribution < -0.4 is 18.9 Å². The molecule has 1 aliphatic heterocycles. The molecule has 0 radical (unpaired) electrons. The summed E-state index contributed by atoms with van der Waals surface area (Å²) in [6.45, 7) is 0.339. The van der Waals surface area contributed by atoms with E-state index in [0.29, 0.717) is 29.6 Å². The molecule has 1 heterocycles. The summed E-state index contributed by atoms with van der Waals surface area (Å²) in [5, 5.41) is 10.4. The van der Waals surface area contributed by atoms with Gasteiger partial charge in [-0.1, -0.05) is 36.4 Å². The predicted octanol–water partition coefficient (Wildman–Crippen LogP) is 4.69. The van der Waals surface area contributed by atoms with Gasteiger partial charge < -0.3 is 24.1 Å². The topological polar surface area (TPSA) is 74.2 Å². The molecular formula is C24H22O6. The molecule has 1 aliphatic rings. The number of ketones is 1. The number of carbonyl (C=O) groups is 1. The van der Waals surface area contributed by atoms with Gasteiger partial charge in [0.05, 0.1) is 20.6 Å². The van der Waals surface area contributed by atoms with E-state index >= 15 is 0 Å². The highest BCUT2D eigenvalue weighted by Gasteiger charge is 2.31. The first-order chi connectivity index (χ1) is 14.6. The minimum absolute atomic E-state index is 0.111. The van der Waals surface area contributed by atoms with E-state index < -0.39 is 6.10 Å². The van der Waals surface area contributed by atoms with Crippen molar-refractivity contribution in [2.45, 2.75) is 19.1 Å². The van der Waals surface area contributed by atoms with E-state index in [1.54, 1.807) is 32.4 Å². The van der Waals surface area contributed by atoms with E-state index in [0.717, 1.165) is 11.1 Å². The van der Waals surface area contributed by atoms with Crippen LogP contribution in [0.4, 0.5) is 0 Å². The normalized spacial score (nSPS) is 15.1. The van der Waals surface area contributed by atoms with Gasteiger partial charge >= 0.3 is 0 Å². The zero-order valence-electron chi connectivity index (χ0n) is 16.8. The molecule has 0 fully saturated rings. The zero-order valence-corrected chi connectivity index (χ0v) is 16.8. The van der Waals surface area contributed by atoms with Crippen molar-refractivity contribution in [3.05, 3.63) is 77.4 Å². The fraction of sp³-hybridized carbons (Fsp3) is 0.208. The molecule has 0 bridgehead atoms. The molecule has 3 aromatic carbocycles. The van der Waals surface area contributed by atoms with Crippen LogP contribution in [-0.4, -0.2) is 25.1 Å². The van der Waals surface area contributed by atoms with Gasteiger partial charge in [0, 0.05) is 12.1 Å². The Kier molecular flexibility index (Phi) is 5.48. The summed E-state index contributed by atoms with van der Waals surface area (Å²) in [5.41, 5.74) is 1.95. The summed E-state index contributed by atoms with van der Waals surface area (Å²) in [5.74, 6) is 1.54. The summed E-state index contributed by atoms with van der Waals surface area (Å²) >= 11 is 0. The third-order valence-electron chi connectivity index (χ3n) is 5.00. The molecule has 4 rings (SSSR count). The molecule has 0 aromatic heterocycles. The van der Waals surface area contributed by atoms with Gasteiger partial charge in [-0.2, -0.15) is 0 Å². The third kappa shape index (κ3) is 3.89. The minimum Gasteiger partial charge on any atom is -0.507 e. The maximum absolute atomic E-state index is 12.7. The summed E-state index contributed by atoms with van der Waals surface area (Å²) in [6, 6.07) is 18.2. The number of hydrogen-bond acceptors (Lipinski definition) is 6. The second kappa shape index (κ2) is 8.37. The summed E-state index contributed by atoms with van der Waals surface area (Å²) in [7, 11) is 3.12. The quantitative estimate of drug-likeness (QED) is 0.640. The first-order valence-corrected chi connectivity index (χ1v) is 9.54. The second-order valence-electron chi connectivity index (χ2n) is 6.94. The first kappa shape index (κ1) is 19.6. The SMILES string of the molecule is COc1ccc(C2CC(=O)c3c(O)cc(OCc4ccccc4)cc3O2)cc1OC. The van der Waals surface area contributed by atoms with Gasteiger partial charge in [-0.3, -0.25) is 4.79 Å². The Bertz CT molecular complexity index is 1060. The van der Waals surface area contributed by atoms with Gasteiger partial charge in [0.1, 0.15) is 35.5 Å². The van der Waals surface area contributed by atoms with Crippen LogP contribution in [0.5, 0.6) is 28.7 Å². The van der Waals surface area contributed by atoms with Crippen molar-refractivity contribution in [1.82, 2.24) is 0 Å². The highest BCUT2D eigenvalue weighted by atomic mass is 16.5. The number of benzene rings is 3. The monoisotopic (exact) mass is 406 g/mol. The lowest BCUT2D eigenvalue weighted by Crippen LogP contribution is -2.20. The minimum atomic E-state index is -0.506. The van der Waals surface area contributed by atoms with Gasteiger partial charge in [0.15, 0.2) is 17.3 Å². The molecule has 6 heteroatoms. The average Bonchev–Trinajstić information content (AvgIpc) is 2.77. The maximum Gasteiger partial charge on any atom is 0.174 e. The molecule has 0 saturated carbocycles. The smallest absolute Gasteiger partial charge is 0.174 e. The Morgan fingerprint density at radius 3 is 2.50 bits per heavy atom. The summed E-state index contributed by atoms with van der Waals surface area (Å²) in [6.07, 6.45) is -0.395. The van der Waals surface area contributed by atoms with Gasteiger partial charge in [-0.15, -0.1) is 0 Å². The van der Waals surface area contributed by atoms with E-state index in [4.69, 9.17) is 18.9 Å². The Labute approximate surface area is 174 Å². The lowest BCUT2D eigenvalue weighted by molar-refractivity contribution is 0.0844. The van der Waals surface area contributed by atoms with E-state index in [1.807, 2.05) is 36.4 Å². The Morgan fingerprint density at radius 2 is 1.77 bits per heavy atom. The number of fused-ring (bicyclic) bond motifs is 1. The van der Waals surface area contributed by atoms with Crippen LogP contribution in [0.25, 0.3) is 0 Å². The van der Waals surface area contributed by atoms with E-state index in [9.17, 15) is 9.90 Å². The zero-order chi connectivity index (χ0) is 21.1. The van der Waals surface area contributed by atoms with E-state index in [-0.39, 0.29) is 23.5 Å². The van der Waals surface area contributed by atoms with Gasteiger partial charge in [0.2, 0.25) is 0 Å². The van der Waals surface area contributed by atoms with Crippen molar-refractivity contribution >= 4 is 5.78 Å². The lowest BCUT2D eigenvalue weighted by Gasteiger charge is -2.27. The van der Waals surface area contributed by atoms with Gasteiger partial charge in [-0.05, 0) is 23.3 Å². The molecule has 3 aromatic rings. The molecule has 0 aliphatic carbocycles. The molecule has 6 nitrogen and oxygen atoms in total. The second-order valence-corrected chi connectivity index (χ2v) is 6.94. The number of methoxy groups -OCH3 is 2. The number of carbonyl (C=O) groups excluding carboxylic acids is 1. The van der Waals surface area contributed by atoms with Crippen LogP contribution in [0.2, 0.25) is 0 Å². The maximum atomic E-state index is 12.7. The molecule has 1 atom stereocenters. The first-order valence-electron chi connectivity index (χ1n) is 9.54. The number of hydrogen-bond donors (Lipinski definition) is 1. The molecule has 154 valence electrons. The number of phenolic OH excluding ortho intramolecular Hbond substituents is 1. The standard InChI is InChI=1S/C24H22O6/c1-27-20-9-8-16(10-22(20)28-2)21-13-19(26)24-18(25)11-17(12-23(24)30-21)29-14-15-6-4-3-5-7-15/h3-12,21,25H,13-14H2,1-2H3. The Hall–Kier alpha value is -3.67. The Morgan fingerprint density at radius 1 is 1.00 bits per heavy atom. The molecule has 1 unspecified atom stereocenters. The highest BCUT2D eigenvalue weighted by Crippen LogP contribution is 2.43. The van der Waals surface area contributed by atoms with E-state index in [2.05, 4.69) is 0 Å². The predicted molar refractivity (Wildman–Crippen MR) is 111 cm³/mol. The van der Waals surface area contributed by atoms with Crippen LogP contribution in [-0.2, 0) is 6.61 Å². The fourth-order valence-electron chi connectivity index (χ4n) is 3.48. The third-order valence-corrected chi connectivity index (χ3v) is 5.00. The van der Waals surface area contributed by atoms with Gasteiger partial charge in [-0.25, -0.2) is 0 Å². The van der Waals surface area contributed by atoms with Crippen molar-refractivity contribution in [3.63, 3.8) is 0 Å². The van der Waals surface area contributed by atoms with Crippen LogP contribution >= 0.6 is 0 Å². The average molecular weight is 406 g/mol. The molecule has 1 N–H and O–H groups in total. The molecule has 0 spiro atoms. The van der Waals surface area contributed by atoms with Crippen LogP contribution in [0.3, 0.4) is 0 Å². The summed E-state index contributed by atoms with van der Waals surface area (Å²) in [4.78, 5) is 12.7. The molecule has 30 heavy (non-hydrogen) atoms. The fourth-order valence-corrected chi connectivity index (χ4v) is 3.48. The van der Waals surface area contributed by atoms with Crippen molar-refractivity contribution in [2.75, 3.05) is 14.2 Å². The summed E-state index contributed by atoms with van der Waals surface area (Å²) < 4.78 is 22.5. The number of Topliss-reactive ketones (excluding diaryl/α,β-unsaturated/α-hetero) is 1. The van der Waals surface area contributed by atoms with E-state index in [1.165, 1.54) is 6.07 Å². The van der Waals surface area contributed by atoms with Gasteiger partial charge in [0.25, 0.3) is 0 Å². The highest BCUT2D eigenvalue weighted by molar-refractivity contribution is 6.02. The Balaban J connectivity index is 1.60. The van der Waals surface area contributed by atoms with Crippen LogP contribution in [0.1, 0.15) is 34.0 Å². The molecule has 0 saturated heterocycles. The van der Waals surface area contributed by atoms with Crippen LogP contribution in [0, 0.1) is 0 Å². The van der Waals surface area contributed by atoms with Crippen molar-refractivity contribution in [3.8, 4) is 28.7 Å². The molecular weight excluding hydrogens is 384 g/mol. The lowest BCUT2D eigenvalue weighted by atomic mass is 9.95. The number of rotatable bonds is 6. The molecule has 0 amide bonds. The van der Waals surface area contributed by atoms with Crippen molar-refractivity contribution in [1.29, 1.82) is 0 Å². The largest absolute Gasteiger partial charge is 0.507 e. The van der Waals surface area contributed by atoms with Crippen molar-refractivity contribution in [2.24, 2.45) is 0 Å². The number of ether oxygens (including phenoxy) is 4. The van der Waals surface area contributed by atoms with Crippen LogP contribution in [0.15, 0.2) is 60.7 Å².